The molecule has 112 heavy (non-hydrogen) atoms. The molecule has 20 rings (SSSR count). The summed E-state index contributed by atoms with van der Waals surface area (Å²) in [4.78, 5) is 9.71. The van der Waals surface area contributed by atoms with Gasteiger partial charge in [-0.25, -0.2) is 0 Å². The Morgan fingerprint density at radius 3 is 0.741 bits per heavy atom. The Labute approximate surface area is 665 Å². The number of benzene rings is 16. The Morgan fingerprint density at radius 2 is 0.473 bits per heavy atom. The topological polar surface area (TPSA) is 13.0 Å². The van der Waals surface area contributed by atoms with Crippen molar-refractivity contribution in [3.8, 4) is 11.1 Å². The van der Waals surface area contributed by atoms with Crippen molar-refractivity contribution in [2.45, 2.75) is 116 Å². The molecule has 0 amide bonds. The number of hydrogen-bond donors (Lipinski definition) is 0. The highest BCUT2D eigenvalue weighted by Gasteiger charge is 2.25. The van der Waals surface area contributed by atoms with E-state index >= 15 is 0 Å². The predicted molar refractivity (Wildman–Crippen MR) is 486 cm³/mol. The molecule has 0 aliphatic heterocycles. The molecule has 2 heterocycles. The lowest BCUT2D eigenvalue weighted by molar-refractivity contribution is 0.443. The zero-order valence-electron chi connectivity index (χ0n) is 64.2. The van der Waals surface area contributed by atoms with Gasteiger partial charge < -0.3 is 19.6 Å². The van der Waals surface area contributed by atoms with E-state index in [1.165, 1.54) is 187 Å². The molecule has 4 nitrogen and oxygen atoms in total. The molecule has 6 heteroatoms. The fourth-order valence-corrected chi connectivity index (χ4v) is 20.9. The van der Waals surface area contributed by atoms with Crippen LogP contribution in [0.25, 0.3) is 94.6 Å². The molecular weight excluding hydrogens is 1390 g/mol. The van der Waals surface area contributed by atoms with Gasteiger partial charge in [-0.3, -0.25) is 0 Å². The fourth-order valence-electron chi connectivity index (χ4n) is 18.6. The van der Waals surface area contributed by atoms with E-state index in [0.717, 1.165) is 62.6 Å². The molecule has 0 unspecified atom stereocenters. The van der Waals surface area contributed by atoms with Gasteiger partial charge in [0, 0.05) is 109 Å². The van der Waals surface area contributed by atoms with Crippen LogP contribution in [0.4, 0.5) is 68.2 Å². The molecule has 16 aromatic carbocycles. The Balaban J connectivity index is 0.627. The van der Waals surface area contributed by atoms with E-state index in [1.54, 1.807) is 0 Å². The summed E-state index contributed by atoms with van der Waals surface area (Å²) in [6.07, 6.45) is 13.1. The zero-order chi connectivity index (χ0) is 74.9. The van der Waals surface area contributed by atoms with Crippen LogP contribution in [-0.2, 0) is 0 Å². The minimum absolute atomic E-state index is 0.421. The van der Waals surface area contributed by atoms with Crippen LogP contribution in [0.2, 0.25) is 0 Å². The lowest BCUT2D eigenvalue weighted by Crippen LogP contribution is -2.11. The van der Waals surface area contributed by atoms with E-state index in [4.69, 9.17) is 0 Å². The molecule has 0 bridgehead atoms. The quantitative estimate of drug-likeness (QED) is 0.0901. The predicted octanol–water partition coefficient (Wildman–Crippen LogP) is 32.9. The highest BCUT2D eigenvalue weighted by Crippen LogP contribution is 2.50. The number of thiophene rings is 2. The van der Waals surface area contributed by atoms with E-state index in [9.17, 15) is 0 Å². The number of anilines is 12. The van der Waals surface area contributed by atoms with E-state index in [1.807, 2.05) is 22.7 Å². The molecule has 2 aromatic heterocycles. The smallest absolute Gasteiger partial charge is 0.0468 e. The van der Waals surface area contributed by atoms with Crippen LogP contribution in [0.5, 0.6) is 0 Å². The lowest BCUT2D eigenvalue weighted by atomic mass is 9.84. The monoisotopic (exact) mass is 1480 g/mol. The first kappa shape index (κ1) is 69.4. The standard InChI is InChI=1S/C106H90N4S2/c1-69(2)71-25-41-85(42-26-71)107(83-21-13-7-14-22-83)91-53-57-95-79(65-91)37-61-99-103(95)105-97-59-55-93(67-81(97)39-63-101(105)111-99)109(86-43-27-72(28-44-86)70(3)4)89-49-33-77(34-50-89)78-35-51-90(52-36-78)110(88-47-31-76(32-48-88)74-19-11-6-12-20-74)94-56-60-98-82(68-94)40-64-102-106(98)104-96-58-54-92(66-80(96)38-62-100(104)112-102)108(84-23-15-8-16-24-84)87-45-29-75(30-46-87)73-17-9-5-10-18-73/h7-8,13-16,21-70,73-74H,5-6,9-12,17-20H2,1-4H3. The molecule has 2 aliphatic rings. The summed E-state index contributed by atoms with van der Waals surface area (Å²) in [7, 11) is 0. The SMILES string of the molecule is CC(C)c1ccc(N(c2ccccc2)c2ccc3c(ccc4sc5ccc6cc(N(c7ccc(-c8ccc(N(c9ccc(C%10CCCCC%10)cc9)c9ccc%10c(ccc%11sc%12ccc%13cc(N(c%14ccccc%14)c%14ccc(C%15CCCCC%15)cc%14)ccc%13c%12c%11%10)c9)cc8)cc7)c7ccc(C(C)C)cc7)ccc6c5c43)c2)cc1. The highest BCUT2D eigenvalue weighted by molar-refractivity contribution is 7.26. The summed E-state index contributed by atoms with van der Waals surface area (Å²) in [6, 6.07) is 125. The third-order valence-corrected chi connectivity index (χ3v) is 26.8. The Bertz CT molecular complexity index is 6490. The van der Waals surface area contributed by atoms with E-state index in [2.05, 4.69) is 375 Å². The van der Waals surface area contributed by atoms with Crippen molar-refractivity contribution in [2.24, 2.45) is 0 Å². The molecule has 0 radical (unpaired) electrons. The molecule has 0 spiro atoms. The summed E-state index contributed by atoms with van der Waals surface area (Å²) in [5.74, 6) is 2.17. The molecule has 18 aromatic rings. The van der Waals surface area contributed by atoms with Gasteiger partial charge in [-0.15, -0.1) is 22.7 Å². The van der Waals surface area contributed by atoms with Crippen LogP contribution < -0.4 is 19.6 Å². The molecule has 2 saturated carbocycles. The zero-order valence-corrected chi connectivity index (χ0v) is 65.8. The average Bonchev–Trinajstić information content (AvgIpc) is 1.56. The number of fused-ring (bicyclic) bond motifs is 14. The second kappa shape index (κ2) is 29.5. The maximum Gasteiger partial charge on any atom is 0.0468 e. The van der Waals surface area contributed by atoms with Crippen molar-refractivity contribution in [3.05, 3.63) is 350 Å². The lowest BCUT2D eigenvalue weighted by Gasteiger charge is -2.28. The van der Waals surface area contributed by atoms with E-state index < -0.39 is 0 Å². The van der Waals surface area contributed by atoms with Gasteiger partial charge in [0.15, 0.2) is 0 Å². The van der Waals surface area contributed by atoms with Gasteiger partial charge in [-0.2, -0.15) is 0 Å². The fraction of sp³-hybridized carbons (Fsp3) is 0.170. The van der Waals surface area contributed by atoms with Gasteiger partial charge in [0.2, 0.25) is 0 Å². The van der Waals surface area contributed by atoms with Crippen molar-refractivity contribution < 1.29 is 0 Å². The minimum Gasteiger partial charge on any atom is -0.310 e. The second-order valence-electron chi connectivity index (χ2n) is 32.0. The maximum absolute atomic E-state index is 2.47. The first-order valence-electron chi connectivity index (χ1n) is 40.7. The van der Waals surface area contributed by atoms with Crippen molar-refractivity contribution in [2.75, 3.05) is 19.6 Å². The first-order chi connectivity index (χ1) is 55.1. The Kier molecular flexibility index (Phi) is 18.3. The number of rotatable bonds is 17. The number of para-hydroxylation sites is 2. The van der Waals surface area contributed by atoms with Crippen LogP contribution in [0.3, 0.4) is 0 Å². The summed E-state index contributed by atoms with van der Waals surface area (Å²) in [5, 5.41) is 15.3. The largest absolute Gasteiger partial charge is 0.310 e. The van der Waals surface area contributed by atoms with Crippen molar-refractivity contribution in [1.82, 2.24) is 0 Å². The van der Waals surface area contributed by atoms with Crippen molar-refractivity contribution in [1.29, 1.82) is 0 Å². The second-order valence-corrected chi connectivity index (χ2v) is 34.2. The first-order valence-corrected chi connectivity index (χ1v) is 42.3. The molecule has 0 saturated heterocycles. The van der Waals surface area contributed by atoms with Gasteiger partial charge in [0.05, 0.1) is 0 Å². The molecule has 546 valence electrons. The van der Waals surface area contributed by atoms with Gasteiger partial charge in [-0.1, -0.05) is 224 Å². The van der Waals surface area contributed by atoms with Crippen molar-refractivity contribution >= 4 is 174 Å². The maximum atomic E-state index is 2.47. The van der Waals surface area contributed by atoms with Gasteiger partial charge in [0.1, 0.15) is 0 Å². The van der Waals surface area contributed by atoms with Crippen LogP contribution >= 0.6 is 22.7 Å². The summed E-state index contributed by atoms with van der Waals surface area (Å²) in [5.41, 5.74) is 21.6. The Morgan fingerprint density at radius 1 is 0.232 bits per heavy atom. The van der Waals surface area contributed by atoms with E-state index in [-0.39, 0.29) is 0 Å². The molecular formula is C106H90N4S2. The van der Waals surface area contributed by atoms with Crippen LogP contribution in [0.15, 0.2) is 328 Å². The van der Waals surface area contributed by atoms with Gasteiger partial charge in [-0.05, 0) is 296 Å². The number of nitrogens with zero attached hydrogens (tertiary/aromatic N) is 4. The van der Waals surface area contributed by atoms with Crippen LogP contribution in [0.1, 0.15) is 138 Å². The molecule has 2 aliphatic carbocycles. The van der Waals surface area contributed by atoms with Crippen LogP contribution in [-0.4, -0.2) is 0 Å². The summed E-state index contributed by atoms with van der Waals surface area (Å²) >= 11 is 3.79. The van der Waals surface area contributed by atoms with Gasteiger partial charge >= 0.3 is 0 Å². The highest BCUT2D eigenvalue weighted by atomic mass is 32.1. The molecule has 0 atom stereocenters. The molecule has 2 fully saturated rings. The third kappa shape index (κ3) is 12.9. The third-order valence-electron chi connectivity index (χ3n) is 24.5. The van der Waals surface area contributed by atoms with Gasteiger partial charge in [0.25, 0.3) is 0 Å². The summed E-state index contributed by atoms with van der Waals surface area (Å²) in [6.45, 7) is 9.06. The normalized spacial score (nSPS) is 13.8. The Hall–Kier alpha value is -11.8. The average molecular weight is 1480 g/mol. The van der Waals surface area contributed by atoms with Crippen LogP contribution in [0, 0.1) is 0 Å². The van der Waals surface area contributed by atoms with E-state index in [0.29, 0.717) is 23.7 Å². The summed E-state index contributed by atoms with van der Waals surface area (Å²) < 4.78 is 5.22. The van der Waals surface area contributed by atoms with Crippen molar-refractivity contribution in [3.63, 3.8) is 0 Å². The number of hydrogen-bond acceptors (Lipinski definition) is 6. The minimum atomic E-state index is 0.421. The molecule has 0 N–H and O–H groups in total.